The van der Waals surface area contributed by atoms with Crippen LogP contribution in [0.25, 0.3) is 0 Å². The Morgan fingerprint density at radius 2 is 1.56 bits per heavy atom. The number of nitrogens with two attached hydrogens (primary N) is 1. The summed E-state index contributed by atoms with van der Waals surface area (Å²) in [6, 6.07) is -2.20. The van der Waals surface area contributed by atoms with Crippen LogP contribution in [0.4, 0.5) is 30.7 Å². The molecule has 0 radical (unpaired) electrons. The van der Waals surface area contributed by atoms with Gasteiger partial charge in [0, 0.05) is 11.6 Å². The van der Waals surface area contributed by atoms with E-state index in [9.17, 15) is 35.5 Å². The monoisotopic (exact) mass is 397 g/mol. The number of alkyl halides is 6. The second-order valence-corrected chi connectivity index (χ2v) is 5.61. The van der Waals surface area contributed by atoms with Crippen LogP contribution in [-0.4, -0.2) is 13.1 Å². The topological polar surface area (TPSA) is 52.3 Å². The lowest BCUT2D eigenvalue weighted by Crippen LogP contribution is -2.39. The van der Waals surface area contributed by atoms with Crippen LogP contribution in [0.2, 0.25) is 0 Å². The number of carbonyl (C=O) groups is 1. The van der Waals surface area contributed by atoms with Gasteiger partial charge in [0.1, 0.15) is 5.82 Å². The van der Waals surface area contributed by atoms with E-state index < -0.39 is 52.3 Å². The van der Waals surface area contributed by atoms with Gasteiger partial charge in [-0.1, -0.05) is 0 Å². The van der Waals surface area contributed by atoms with Crippen molar-refractivity contribution in [2.75, 3.05) is 7.11 Å². The Kier molecular flexibility index (Phi) is 6.91. The van der Waals surface area contributed by atoms with E-state index >= 15 is 0 Å². The summed E-state index contributed by atoms with van der Waals surface area (Å²) in [6.07, 6.45) is -10.5. The van der Waals surface area contributed by atoms with Gasteiger partial charge in [-0.05, 0) is 26.0 Å². The summed E-state index contributed by atoms with van der Waals surface area (Å²) in [5, 5.41) is 0. The van der Waals surface area contributed by atoms with Crippen molar-refractivity contribution in [3.05, 3.63) is 34.6 Å². The third-order valence-corrected chi connectivity index (χ3v) is 3.56. The number of ether oxygens (including phenoxy) is 1. The second-order valence-electron chi connectivity index (χ2n) is 5.61. The highest BCUT2D eigenvalue weighted by Crippen LogP contribution is 2.44. The second kappa shape index (κ2) is 7.36. The fraction of sp³-hybridized carbons (Fsp3) is 0.500. The first kappa shape index (κ1) is 23.4. The van der Waals surface area contributed by atoms with E-state index in [4.69, 9.17) is 5.73 Å². The number of hydrogen-bond acceptors (Lipinski definition) is 3. The lowest BCUT2D eigenvalue weighted by atomic mass is 9.78. The van der Waals surface area contributed by atoms with Crippen molar-refractivity contribution < 1.29 is 40.3 Å². The highest BCUT2D eigenvalue weighted by atomic mass is 35.5. The van der Waals surface area contributed by atoms with Crippen LogP contribution in [-0.2, 0) is 21.9 Å². The van der Waals surface area contributed by atoms with Crippen LogP contribution < -0.4 is 5.73 Å². The Morgan fingerprint density at radius 1 is 1.08 bits per heavy atom. The standard InChI is InChI=1S/C14H14F7NO2.ClH/c1-12(2,11(23)24-3)10(22)9-7(14(19,20)21)4-6(5-8(9)15)13(16,17)18;/h4-5,10H,22H2,1-3H3;1H/t10-;/m0./s1. The Labute approximate surface area is 144 Å². The first-order valence-corrected chi connectivity index (χ1v) is 6.45. The van der Waals surface area contributed by atoms with Gasteiger partial charge in [-0.3, -0.25) is 4.79 Å². The molecule has 1 rings (SSSR count). The molecule has 0 aliphatic carbocycles. The molecule has 11 heteroatoms. The van der Waals surface area contributed by atoms with E-state index in [0.717, 1.165) is 21.0 Å². The van der Waals surface area contributed by atoms with Crippen molar-refractivity contribution >= 4 is 18.4 Å². The zero-order valence-electron chi connectivity index (χ0n) is 13.2. The SMILES string of the molecule is COC(=O)C(C)(C)[C@@H](N)c1c(F)cc(C(F)(F)F)cc1C(F)(F)F.Cl. The third-order valence-electron chi connectivity index (χ3n) is 3.56. The van der Waals surface area contributed by atoms with Gasteiger partial charge >= 0.3 is 18.3 Å². The van der Waals surface area contributed by atoms with E-state index in [-0.39, 0.29) is 24.5 Å². The van der Waals surface area contributed by atoms with Crippen molar-refractivity contribution in [2.45, 2.75) is 32.2 Å². The van der Waals surface area contributed by atoms with Gasteiger partial charge in [-0.15, -0.1) is 12.4 Å². The molecule has 0 spiro atoms. The molecule has 144 valence electrons. The zero-order chi connectivity index (χ0) is 19.1. The van der Waals surface area contributed by atoms with Gasteiger partial charge < -0.3 is 10.5 Å². The minimum atomic E-state index is -5.30. The smallest absolute Gasteiger partial charge is 0.416 e. The summed E-state index contributed by atoms with van der Waals surface area (Å²) >= 11 is 0. The van der Waals surface area contributed by atoms with Crippen molar-refractivity contribution in [3.8, 4) is 0 Å². The summed E-state index contributed by atoms with van der Waals surface area (Å²) in [5.41, 5.74) is -1.15. The predicted octanol–water partition coefficient (Wildman–Crippen LogP) is 4.48. The molecule has 0 aliphatic heterocycles. The number of esters is 1. The van der Waals surface area contributed by atoms with Crippen molar-refractivity contribution in [3.63, 3.8) is 0 Å². The van der Waals surface area contributed by atoms with Crippen molar-refractivity contribution in [1.82, 2.24) is 0 Å². The van der Waals surface area contributed by atoms with Crippen LogP contribution in [0.15, 0.2) is 12.1 Å². The minimum Gasteiger partial charge on any atom is -0.469 e. The van der Waals surface area contributed by atoms with Gasteiger partial charge in [-0.2, -0.15) is 26.3 Å². The molecule has 3 nitrogen and oxygen atoms in total. The summed E-state index contributed by atoms with van der Waals surface area (Å²) in [4.78, 5) is 11.7. The summed E-state index contributed by atoms with van der Waals surface area (Å²) in [6.45, 7) is 2.20. The molecule has 2 N–H and O–H groups in total. The molecule has 0 saturated carbocycles. The zero-order valence-corrected chi connectivity index (χ0v) is 14.0. The maximum atomic E-state index is 14.1. The first-order chi connectivity index (χ1) is 10.6. The Balaban J connectivity index is 0.00000576. The van der Waals surface area contributed by atoms with Gasteiger partial charge in [0.05, 0.1) is 23.7 Å². The Bertz CT molecular complexity index is 641. The lowest BCUT2D eigenvalue weighted by Gasteiger charge is -2.31. The van der Waals surface area contributed by atoms with Gasteiger partial charge in [0.25, 0.3) is 0 Å². The van der Waals surface area contributed by atoms with Crippen LogP contribution in [0.3, 0.4) is 0 Å². The molecule has 25 heavy (non-hydrogen) atoms. The number of rotatable bonds is 3. The summed E-state index contributed by atoms with van der Waals surface area (Å²) < 4.78 is 95.8. The largest absolute Gasteiger partial charge is 0.469 e. The summed E-state index contributed by atoms with van der Waals surface area (Å²) in [7, 11) is 0.949. The fourth-order valence-corrected chi connectivity index (χ4v) is 2.08. The fourth-order valence-electron chi connectivity index (χ4n) is 2.08. The summed E-state index contributed by atoms with van der Waals surface area (Å²) in [5.74, 6) is -2.84. The number of methoxy groups -OCH3 is 1. The first-order valence-electron chi connectivity index (χ1n) is 6.45. The highest BCUT2D eigenvalue weighted by molar-refractivity contribution is 5.85. The number of hydrogen-bond donors (Lipinski definition) is 1. The third kappa shape index (κ3) is 4.75. The number of benzene rings is 1. The molecule has 0 aliphatic rings. The van der Waals surface area contributed by atoms with Crippen LogP contribution in [0.1, 0.15) is 36.6 Å². The molecular formula is C14H15ClF7NO2. The Morgan fingerprint density at radius 3 is 1.92 bits per heavy atom. The quantitative estimate of drug-likeness (QED) is 0.604. The van der Waals surface area contributed by atoms with Gasteiger partial charge in [-0.25, -0.2) is 4.39 Å². The Hall–Kier alpha value is -1.55. The van der Waals surface area contributed by atoms with E-state index in [1.807, 2.05) is 0 Å². The van der Waals surface area contributed by atoms with Crippen LogP contribution >= 0.6 is 12.4 Å². The van der Waals surface area contributed by atoms with Crippen LogP contribution in [0.5, 0.6) is 0 Å². The van der Waals surface area contributed by atoms with E-state index in [0.29, 0.717) is 0 Å². The van der Waals surface area contributed by atoms with Crippen molar-refractivity contribution in [2.24, 2.45) is 11.1 Å². The molecule has 0 fully saturated rings. The van der Waals surface area contributed by atoms with Gasteiger partial charge in [0.2, 0.25) is 0 Å². The molecule has 0 saturated heterocycles. The van der Waals surface area contributed by atoms with Crippen molar-refractivity contribution in [1.29, 1.82) is 0 Å². The van der Waals surface area contributed by atoms with Crippen LogP contribution in [0, 0.1) is 11.2 Å². The molecule has 0 bridgehead atoms. The van der Waals surface area contributed by atoms with E-state index in [1.165, 1.54) is 0 Å². The molecule has 1 atom stereocenters. The maximum absolute atomic E-state index is 14.1. The molecule has 1 aromatic carbocycles. The van der Waals surface area contributed by atoms with E-state index in [1.54, 1.807) is 0 Å². The number of carbonyl (C=O) groups excluding carboxylic acids is 1. The lowest BCUT2D eigenvalue weighted by molar-refractivity contribution is -0.153. The number of halogens is 8. The van der Waals surface area contributed by atoms with Gasteiger partial charge in [0.15, 0.2) is 0 Å². The normalized spacial score (nSPS) is 13.9. The van der Waals surface area contributed by atoms with E-state index in [2.05, 4.69) is 4.74 Å². The molecule has 0 amide bonds. The molecular weight excluding hydrogens is 383 g/mol. The molecule has 0 heterocycles. The average Bonchev–Trinajstić information content (AvgIpc) is 2.42. The molecule has 0 unspecified atom stereocenters. The maximum Gasteiger partial charge on any atom is 0.416 e. The molecule has 0 aromatic heterocycles. The predicted molar refractivity (Wildman–Crippen MR) is 76.4 cm³/mol. The minimum absolute atomic E-state index is 0. The average molecular weight is 398 g/mol. The highest BCUT2D eigenvalue weighted by Gasteiger charge is 2.45. The molecule has 1 aromatic rings.